The van der Waals surface area contributed by atoms with Gasteiger partial charge in [-0.05, 0) is 19.1 Å². The number of nitrogens with one attached hydrogen (secondary N) is 1. The molecule has 0 saturated heterocycles. The van der Waals surface area contributed by atoms with Crippen LogP contribution in [-0.4, -0.2) is 34.5 Å². The number of sulfonamides is 1. The van der Waals surface area contributed by atoms with E-state index in [9.17, 15) is 21.6 Å². The van der Waals surface area contributed by atoms with Gasteiger partial charge in [-0.1, -0.05) is 12.1 Å². The zero-order chi connectivity index (χ0) is 15.2. The summed E-state index contributed by atoms with van der Waals surface area (Å²) in [6.07, 6.45) is -4.96. The van der Waals surface area contributed by atoms with Crippen LogP contribution in [-0.2, 0) is 14.8 Å². The summed E-state index contributed by atoms with van der Waals surface area (Å²) >= 11 is 0. The third-order valence-corrected chi connectivity index (χ3v) is 3.61. The molecule has 1 N–H and O–H groups in total. The van der Waals surface area contributed by atoms with E-state index >= 15 is 0 Å². The molecule has 20 heavy (non-hydrogen) atoms. The molecule has 0 saturated carbocycles. The topological polar surface area (TPSA) is 64.6 Å². The highest BCUT2D eigenvalue weighted by Gasteiger charge is 2.33. The Morgan fingerprint density at radius 3 is 2.50 bits per heavy atom. The second-order valence-corrected chi connectivity index (χ2v) is 5.32. The third kappa shape index (κ3) is 5.35. The molecule has 0 heterocycles. The molecule has 1 aromatic rings. The van der Waals surface area contributed by atoms with E-state index in [-0.39, 0.29) is 13.2 Å². The fourth-order valence-electron chi connectivity index (χ4n) is 1.35. The summed E-state index contributed by atoms with van der Waals surface area (Å²) < 4.78 is 71.2. The van der Waals surface area contributed by atoms with Crippen molar-refractivity contribution in [3.05, 3.63) is 24.3 Å². The first-order valence-electron chi connectivity index (χ1n) is 5.68. The zero-order valence-electron chi connectivity index (χ0n) is 10.6. The molecule has 0 aliphatic carbocycles. The molecule has 1 aromatic carbocycles. The summed E-state index contributed by atoms with van der Waals surface area (Å²) in [4.78, 5) is -0.575. The highest BCUT2D eigenvalue weighted by molar-refractivity contribution is 7.89. The van der Waals surface area contributed by atoms with Gasteiger partial charge >= 0.3 is 6.36 Å². The number of para-hydroxylation sites is 1. The number of rotatable bonds is 7. The Morgan fingerprint density at radius 2 is 1.90 bits per heavy atom. The summed E-state index contributed by atoms with van der Waals surface area (Å²) in [7, 11) is -4.10. The van der Waals surface area contributed by atoms with E-state index in [1.807, 2.05) is 0 Å². The minimum Gasteiger partial charge on any atom is -0.404 e. The standard InChI is InChI=1S/C11H14F3NO4S/c1-2-18-8-7-15-20(16,17)10-6-4-3-5-9(10)19-11(12,13)14/h3-6,15H,2,7-8H2,1H3. The Kier molecular flexibility index (Phi) is 5.78. The number of hydrogen-bond acceptors (Lipinski definition) is 4. The molecule has 0 atom stereocenters. The quantitative estimate of drug-likeness (QED) is 0.781. The molecule has 0 aliphatic rings. The van der Waals surface area contributed by atoms with Crippen LogP contribution in [0.1, 0.15) is 6.92 Å². The predicted octanol–water partition coefficient (Wildman–Crippen LogP) is 1.90. The maximum Gasteiger partial charge on any atom is 0.573 e. The molecule has 0 aliphatic heterocycles. The van der Waals surface area contributed by atoms with Crippen LogP contribution in [0, 0.1) is 0 Å². The van der Waals surface area contributed by atoms with E-state index < -0.39 is 27.0 Å². The molecule has 0 bridgehead atoms. The lowest BCUT2D eigenvalue weighted by Crippen LogP contribution is -2.28. The average Bonchev–Trinajstić information content (AvgIpc) is 2.33. The van der Waals surface area contributed by atoms with E-state index in [0.717, 1.165) is 12.1 Å². The molecule has 0 unspecified atom stereocenters. The third-order valence-electron chi connectivity index (χ3n) is 2.11. The van der Waals surface area contributed by atoms with Crippen molar-refractivity contribution in [3.8, 4) is 5.75 Å². The second-order valence-electron chi connectivity index (χ2n) is 3.59. The Bertz CT molecular complexity index is 531. The molecule has 5 nitrogen and oxygen atoms in total. The van der Waals surface area contributed by atoms with E-state index in [0.29, 0.717) is 6.61 Å². The van der Waals surface area contributed by atoms with Gasteiger partial charge in [0.2, 0.25) is 10.0 Å². The van der Waals surface area contributed by atoms with Crippen molar-refractivity contribution in [3.63, 3.8) is 0 Å². The molecule has 0 spiro atoms. The lowest BCUT2D eigenvalue weighted by molar-refractivity contribution is -0.275. The smallest absolute Gasteiger partial charge is 0.404 e. The first-order valence-corrected chi connectivity index (χ1v) is 7.17. The van der Waals surface area contributed by atoms with Crippen LogP contribution in [0.4, 0.5) is 13.2 Å². The van der Waals surface area contributed by atoms with E-state index in [1.165, 1.54) is 12.1 Å². The van der Waals surface area contributed by atoms with Crippen molar-refractivity contribution < 1.29 is 31.1 Å². The van der Waals surface area contributed by atoms with Gasteiger partial charge in [0.25, 0.3) is 0 Å². The van der Waals surface area contributed by atoms with Crippen LogP contribution in [0.15, 0.2) is 29.2 Å². The van der Waals surface area contributed by atoms with Crippen molar-refractivity contribution in [2.45, 2.75) is 18.2 Å². The fourth-order valence-corrected chi connectivity index (χ4v) is 2.49. The molecule has 0 amide bonds. The summed E-state index contributed by atoms with van der Waals surface area (Å²) in [5.41, 5.74) is 0. The molecule has 9 heteroatoms. The maximum absolute atomic E-state index is 12.2. The van der Waals surface area contributed by atoms with Gasteiger partial charge in [-0.15, -0.1) is 13.2 Å². The van der Waals surface area contributed by atoms with Crippen molar-refractivity contribution in [2.24, 2.45) is 0 Å². The predicted molar refractivity (Wildman–Crippen MR) is 64.8 cm³/mol. The van der Waals surface area contributed by atoms with Crippen molar-refractivity contribution in [1.82, 2.24) is 4.72 Å². The van der Waals surface area contributed by atoms with Gasteiger partial charge in [-0.2, -0.15) is 0 Å². The van der Waals surface area contributed by atoms with Crippen LogP contribution in [0.25, 0.3) is 0 Å². The Labute approximate surface area is 114 Å². The number of ether oxygens (including phenoxy) is 2. The highest BCUT2D eigenvalue weighted by atomic mass is 32.2. The zero-order valence-corrected chi connectivity index (χ0v) is 11.4. The molecule has 0 radical (unpaired) electrons. The average molecular weight is 313 g/mol. The molecule has 114 valence electrons. The number of halogens is 3. The first kappa shape index (κ1) is 16.7. The monoisotopic (exact) mass is 313 g/mol. The number of alkyl halides is 3. The van der Waals surface area contributed by atoms with Gasteiger partial charge < -0.3 is 9.47 Å². The maximum atomic E-state index is 12.2. The molecular formula is C11H14F3NO4S. The highest BCUT2D eigenvalue weighted by Crippen LogP contribution is 2.28. The normalized spacial score (nSPS) is 12.4. The molecule has 0 aromatic heterocycles. The largest absolute Gasteiger partial charge is 0.573 e. The minimum atomic E-state index is -4.96. The lowest BCUT2D eigenvalue weighted by Gasteiger charge is -2.13. The van der Waals surface area contributed by atoms with Crippen molar-refractivity contribution in [1.29, 1.82) is 0 Å². The Balaban J connectivity index is 2.89. The van der Waals surface area contributed by atoms with Crippen LogP contribution < -0.4 is 9.46 Å². The van der Waals surface area contributed by atoms with Crippen LogP contribution in [0.5, 0.6) is 5.75 Å². The number of benzene rings is 1. The Hall–Kier alpha value is -1.32. The van der Waals surface area contributed by atoms with Crippen molar-refractivity contribution in [2.75, 3.05) is 19.8 Å². The molecular weight excluding hydrogens is 299 g/mol. The van der Waals surface area contributed by atoms with Gasteiger partial charge in [-0.3, -0.25) is 0 Å². The fraction of sp³-hybridized carbons (Fsp3) is 0.455. The van der Waals surface area contributed by atoms with Gasteiger partial charge in [0.1, 0.15) is 10.6 Å². The summed E-state index contributed by atoms with van der Waals surface area (Å²) in [6, 6.07) is 4.52. The first-order chi connectivity index (χ1) is 9.26. The Morgan fingerprint density at radius 1 is 1.25 bits per heavy atom. The summed E-state index contributed by atoms with van der Waals surface area (Å²) in [5.74, 6) is -0.774. The van der Waals surface area contributed by atoms with Crippen LogP contribution in [0.3, 0.4) is 0 Å². The van der Waals surface area contributed by atoms with Gasteiger partial charge in [0.15, 0.2) is 0 Å². The summed E-state index contributed by atoms with van der Waals surface area (Å²) in [6.45, 7) is 2.23. The number of hydrogen-bond donors (Lipinski definition) is 1. The van der Waals surface area contributed by atoms with Crippen LogP contribution >= 0.6 is 0 Å². The molecule has 0 fully saturated rings. The SMILES string of the molecule is CCOCCNS(=O)(=O)c1ccccc1OC(F)(F)F. The van der Waals surface area contributed by atoms with Gasteiger partial charge in [0, 0.05) is 13.2 Å². The van der Waals surface area contributed by atoms with Crippen LogP contribution in [0.2, 0.25) is 0 Å². The van der Waals surface area contributed by atoms with E-state index in [4.69, 9.17) is 4.74 Å². The van der Waals surface area contributed by atoms with Gasteiger partial charge in [-0.25, -0.2) is 13.1 Å². The van der Waals surface area contributed by atoms with E-state index in [1.54, 1.807) is 6.92 Å². The molecule has 1 rings (SSSR count). The van der Waals surface area contributed by atoms with E-state index in [2.05, 4.69) is 9.46 Å². The lowest BCUT2D eigenvalue weighted by atomic mass is 10.3. The van der Waals surface area contributed by atoms with Gasteiger partial charge in [0.05, 0.1) is 6.61 Å². The second kappa shape index (κ2) is 6.91. The summed E-state index contributed by atoms with van der Waals surface area (Å²) in [5, 5.41) is 0. The van der Waals surface area contributed by atoms with Crippen molar-refractivity contribution >= 4 is 10.0 Å². The minimum absolute atomic E-state index is 0.0451.